The lowest BCUT2D eigenvalue weighted by molar-refractivity contribution is -0.167. The third-order valence-electron chi connectivity index (χ3n) is 3.21. The summed E-state index contributed by atoms with van der Waals surface area (Å²) in [6.07, 6.45) is 0.956. The fourth-order valence-electron chi connectivity index (χ4n) is 1.98. The SMILES string of the molecule is Cc1ccc(CCC(=O)N(O)Cc2ccccc2)cc1. The van der Waals surface area contributed by atoms with Crippen molar-refractivity contribution in [3.8, 4) is 0 Å². The summed E-state index contributed by atoms with van der Waals surface area (Å²) in [5.74, 6) is -0.255. The second-order valence-electron chi connectivity index (χ2n) is 4.92. The average Bonchev–Trinajstić information content (AvgIpc) is 2.47. The summed E-state index contributed by atoms with van der Waals surface area (Å²) in [5.41, 5.74) is 3.23. The van der Waals surface area contributed by atoms with Gasteiger partial charge in [-0.05, 0) is 24.5 Å². The summed E-state index contributed by atoms with van der Waals surface area (Å²) >= 11 is 0. The van der Waals surface area contributed by atoms with Gasteiger partial charge < -0.3 is 0 Å². The first-order valence-corrected chi connectivity index (χ1v) is 6.74. The maximum Gasteiger partial charge on any atom is 0.246 e. The Morgan fingerprint density at radius 2 is 1.65 bits per heavy atom. The van der Waals surface area contributed by atoms with E-state index in [-0.39, 0.29) is 12.5 Å². The Morgan fingerprint density at radius 1 is 1.00 bits per heavy atom. The lowest BCUT2D eigenvalue weighted by Gasteiger charge is -2.15. The molecule has 2 aromatic rings. The van der Waals surface area contributed by atoms with Crippen LogP contribution in [0.25, 0.3) is 0 Å². The Hall–Kier alpha value is -2.13. The molecule has 0 atom stereocenters. The number of benzene rings is 2. The number of rotatable bonds is 5. The molecule has 0 heterocycles. The largest absolute Gasteiger partial charge is 0.286 e. The van der Waals surface area contributed by atoms with Crippen LogP contribution in [0.5, 0.6) is 0 Å². The first-order chi connectivity index (χ1) is 9.65. The van der Waals surface area contributed by atoms with E-state index in [9.17, 15) is 10.0 Å². The predicted molar refractivity (Wildman–Crippen MR) is 78.3 cm³/mol. The summed E-state index contributed by atoms with van der Waals surface area (Å²) in [6, 6.07) is 17.5. The molecule has 0 aliphatic carbocycles. The number of amides is 1. The van der Waals surface area contributed by atoms with E-state index in [0.717, 1.165) is 16.2 Å². The molecule has 0 aromatic heterocycles. The molecule has 0 aliphatic heterocycles. The van der Waals surface area contributed by atoms with Crippen molar-refractivity contribution in [3.05, 3.63) is 71.3 Å². The van der Waals surface area contributed by atoms with E-state index in [2.05, 4.69) is 0 Å². The van der Waals surface area contributed by atoms with Crippen molar-refractivity contribution in [1.82, 2.24) is 5.06 Å². The van der Waals surface area contributed by atoms with Crippen molar-refractivity contribution in [1.29, 1.82) is 0 Å². The zero-order valence-electron chi connectivity index (χ0n) is 11.6. The van der Waals surface area contributed by atoms with E-state index < -0.39 is 0 Å². The molecule has 0 saturated carbocycles. The fraction of sp³-hybridized carbons (Fsp3) is 0.235. The van der Waals surface area contributed by atoms with Gasteiger partial charge in [0, 0.05) is 6.42 Å². The highest BCUT2D eigenvalue weighted by molar-refractivity contribution is 5.75. The Kier molecular flexibility index (Phi) is 4.91. The number of carbonyl (C=O) groups excluding carboxylic acids is 1. The van der Waals surface area contributed by atoms with Crippen molar-refractivity contribution in [2.24, 2.45) is 0 Å². The van der Waals surface area contributed by atoms with Crippen LogP contribution in [-0.2, 0) is 17.8 Å². The van der Waals surface area contributed by atoms with E-state index in [1.807, 2.05) is 61.5 Å². The van der Waals surface area contributed by atoms with Gasteiger partial charge in [0.25, 0.3) is 0 Å². The molecule has 2 aromatic carbocycles. The van der Waals surface area contributed by atoms with Crippen molar-refractivity contribution in [3.63, 3.8) is 0 Å². The molecule has 1 amide bonds. The standard InChI is InChI=1S/C17H19NO2/c1-14-7-9-15(10-8-14)11-12-17(19)18(20)13-16-5-3-2-4-6-16/h2-10,20H,11-13H2,1H3. The number of hydroxylamine groups is 2. The minimum Gasteiger partial charge on any atom is -0.286 e. The zero-order chi connectivity index (χ0) is 14.4. The van der Waals surface area contributed by atoms with Crippen LogP contribution < -0.4 is 0 Å². The van der Waals surface area contributed by atoms with Gasteiger partial charge in [0.1, 0.15) is 0 Å². The van der Waals surface area contributed by atoms with Crippen LogP contribution in [0.3, 0.4) is 0 Å². The van der Waals surface area contributed by atoms with E-state index in [1.54, 1.807) is 0 Å². The van der Waals surface area contributed by atoms with Gasteiger partial charge in [-0.3, -0.25) is 10.0 Å². The van der Waals surface area contributed by atoms with E-state index in [4.69, 9.17) is 0 Å². The van der Waals surface area contributed by atoms with Crippen LogP contribution in [0.1, 0.15) is 23.1 Å². The second-order valence-corrected chi connectivity index (χ2v) is 4.92. The minimum absolute atomic E-state index is 0.230. The highest BCUT2D eigenvalue weighted by atomic mass is 16.5. The number of nitrogens with zero attached hydrogens (tertiary/aromatic N) is 1. The second kappa shape index (κ2) is 6.87. The highest BCUT2D eigenvalue weighted by Crippen LogP contribution is 2.08. The van der Waals surface area contributed by atoms with Gasteiger partial charge >= 0.3 is 0 Å². The molecule has 2 rings (SSSR count). The van der Waals surface area contributed by atoms with Gasteiger partial charge in [-0.2, -0.15) is 0 Å². The first-order valence-electron chi connectivity index (χ1n) is 6.74. The molecule has 0 radical (unpaired) electrons. The maximum absolute atomic E-state index is 11.9. The smallest absolute Gasteiger partial charge is 0.246 e. The topological polar surface area (TPSA) is 40.5 Å². The van der Waals surface area contributed by atoms with Crippen LogP contribution in [0, 0.1) is 6.92 Å². The lowest BCUT2D eigenvalue weighted by atomic mass is 10.1. The predicted octanol–water partition coefficient (Wildman–Crippen LogP) is 3.35. The normalized spacial score (nSPS) is 10.3. The van der Waals surface area contributed by atoms with Crippen LogP contribution in [0.2, 0.25) is 0 Å². The fourth-order valence-corrected chi connectivity index (χ4v) is 1.98. The van der Waals surface area contributed by atoms with Crippen molar-refractivity contribution >= 4 is 5.91 Å². The summed E-state index contributed by atoms with van der Waals surface area (Å²) in [7, 11) is 0. The number of aryl methyl sites for hydroxylation is 2. The lowest BCUT2D eigenvalue weighted by Crippen LogP contribution is -2.27. The molecular weight excluding hydrogens is 250 g/mol. The quantitative estimate of drug-likeness (QED) is 0.668. The molecule has 0 saturated heterocycles. The van der Waals surface area contributed by atoms with Crippen LogP contribution in [0.15, 0.2) is 54.6 Å². The Morgan fingerprint density at radius 3 is 2.30 bits per heavy atom. The van der Waals surface area contributed by atoms with Crippen molar-refractivity contribution in [2.45, 2.75) is 26.3 Å². The summed E-state index contributed by atoms with van der Waals surface area (Å²) in [4.78, 5) is 11.9. The van der Waals surface area contributed by atoms with E-state index in [0.29, 0.717) is 12.8 Å². The third kappa shape index (κ3) is 4.21. The molecular formula is C17H19NO2. The number of carbonyl (C=O) groups is 1. The molecule has 104 valence electrons. The van der Waals surface area contributed by atoms with Crippen LogP contribution >= 0.6 is 0 Å². The van der Waals surface area contributed by atoms with Gasteiger partial charge in [-0.15, -0.1) is 0 Å². The maximum atomic E-state index is 11.9. The summed E-state index contributed by atoms with van der Waals surface area (Å²) in [5, 5.41) is 10.6. The minimum atomic E-state index is -0.255. The molecule has 0 bridgehead atoms. The number of hydrogen-bond acceptors (Lipinski definition) is 2. The Balaban J connectivity index is 1.83. The van der Waals surface area contributed by atoms with Crippen LogP contribution in [0.4, 0.5) is 0 Å². The van der Waals surface area contributed by atoms with Gasteiger partial charge in [-0.25, -0.2) is 5.06 Å². The Bertz CT molecular complexity index is 549. The van der Waals surface area contributed by atoms with Crippen molar-refractivity contribution in [2.75, 3.05) is 0 Å². The molecule has 3 heteroatoms. The molecule has 0 aliphatic rings. The number of hydrogen-bond donors (Lipinski definition) is 1. The molecule has 0 fully saturated rings. The first kappa shape index (κ1) is 14.3. The molecule has 1 N–H and O–H groups in total. The molecule has 0 unspecified atom stereocenters. The Labute approximate surface area is 119 Å². The highest BCUT2D eigenvalue weighted by Gasteiger charge is 2.11. The summed E-state index contributed by atoms with van der Waals surface area (Å²) < 4.78 is 0. The van der Waals surface area contributed by atoms with Gasteiger partial charge in [-0.1, -0.05) is 60.2 Å². The monoisotopic (exact) mass is 269 g/mol. The van der Waals surface area contributed by atoms with Gasteiger partial charge in [0.2, 0.25) is 5.91 Å². The van der Waals surface area contributed by atoms with Crippen molar-refractivity contribution < 1.29 is 10.0 Å². The van der Waals surface area contributed by atoms with E-state index in [1.165, 1.54) is 5.56 Å². The van der Waals surface area contributed by atoms with Gasteiger partial charge in [0.15, 0.2) is 0 Å². The molecule has 0 spiro atoms. The summed E-state index contributed by atoms with van der Waals surface area (Å²) in [6.45, 7) is 2.26. The third-order valence-corrected chi connectivity index (χ3v) is 3.21. The van der Waals surface area contributed by atoms with E-state index >= 15 is 0 Å². The average molecular weight is 269 g/mol. The molecule has 20 heavy (non-hydrogen) atoms. The van der Waals surface area contributed by atoms with Gasteiger partial charge in [0.05, 0.1) is 6.54 Å². The van der Waals surface area contributed by atoms with Crippen LogP contribution in [-0.4, -0.2) is 16.2 Å². The molecule has 3 nitrogen and oxygen atoms in total. The zero-order valence-corrected chi connectivity index (χ0v) is 11.6.